The number of nitrogens with one attached hydrogen (secondary N) is 2. The van der Waals surface area contributed by atoms with Gasteiger partial charge in [0.05, 0.1) is 10.7 Å². The summed E-state index contributed by atoms with van der Waals surface area (Å²) in [5.74, 6) is -0.799. The Morgan fingerprint density at radius 3 is 2.12 bits per heavy atom. The Morgan fingerprint density at radius 2 is 1.68 bits per heavy atom. The molecule has 2 amide bonds. The summed E-state index contributed by atoms with van der Waals surface area (Å²) in [4.78, 5) is 22.9. The van der Waals surface area contributed by atoms with Gasteiger partial charge in [0, 0.05) is 18.3 Å². The quantitative estimate of drug-likeness (QED) is 0.860. The highest BCUT2D eigenvalue weighted by Gasteiger charge is 2.38. The molecule has 0 aliphatic rings. The molecule has 0 unspecified atom stereocenters. The molecule has 2 rings (SSSR count). The topological polar surface area (TPSA) is 76.0 Å². The van der Waals surface area contributed by atoms with Gasteiger partial charge < -0.3 is 10.6 Å². The zero-order valence-corrected chi connectivity index (χ0v) is 14.0. The van der Waals surface area contributed by atoms with Gasteiger partial charge in [0.1, 0.15) is 6.54 Å². The van der Waals surface area contributed by atoms with Crippen LogP contribution in [0.3, 0.4) is 0 Å². The number of benzene rings is 1. The molecule has 0 fully saturated rings. The molecular weight excluding hydrogens is 361 g/mol. The van der Waals surface area contributed by atoms with Gasteiger partial charge in [-0.1, -0.05) is 11.6 Å². The molecule has 0 saturated heterocycles. The molecule has 0 aliphatic carbocycles. The van der Waals surface area contributed by atoms with E-state index in [4.69, 9.17) is 11.6 Å². The van der Waals surface area contributed by atoms with Gasteiger partial charge in [-0.3, -0.25) is 14.3 Å². The van der Waals surface area contributed by atoms with Crippen LogP contribution in [0, 0.1) is 6.92 Å². The molecule has 0 atom stereocenters. The number of aromatic nitrogens is 2. The van der Waals surface area contributed by atoms with Gasteiger partial charge in [-0.25, -0.2) is 0 Å². The Kier molecular flexibility index (Phi) is 5.36. The van der Waals surface area contributed by atoms with Crippen LogP contribution >= 0.6 is 11.6 Å². The lowest BCUT2D eigenvalue weighted by Gasteiger charge is -2.08. The molecule has 6 nitrogen and oxygen atoms in total. The van der Waals surface area contributed by atoms with Crippen LogP contribution in [0.25, 0.3) is 0 Å². The molecule has 0 bridgehead atoms. The van der Waals surface area contributed by atoms with Crippen LogP contribution in [-0.4, -0.2) is 21.6 Å². The molecule has 10 heteroatoms. The first-order valence-corrected chi connectivity index (χ1v) is 7.43. The average molecular weight is 375 g/mol. The Bertz CT molecular complexity index is 800. The number of carbonyl (C=O) groups is 2. The Morgan fingerprint density at radius 1 is 1.16 bits per heavy atom. The summed E-state index contributed by atoms with van der Waals surface area (Å²) in [5, 5.41) is 7.93. The van der Waals surface area contributed by atoms with Gasteiger partial charge in [-0.05, 0) is 31.2 Å². The van der Waals surface area contributed by atoms with E-state index in [1.165, 1.54) is 13.8 Å². The molecule has 1 aromatic carbocycles. The minimum Gasteiger partial charge on any atom is -0.326 e. The van der Waals surface area contributed by atoms with Crippen molar-refractivity contribution in [3.8, 4) is 0 Å². The molecular formula is C15H14ClF3N4O2. The fraction of sp³-hybridized carbons (Fsp3) is 0.267. The van der Waals surface area contributed by atoms with Crippen molar-refractivity contribution in [3.05, 3.63) is 40.7 Å². The third kappa shape index (κ3) is 4.72. The second-order valence-corrected chi connectivity index (χ2v) is 5.59. The summed E-state index contributed by atoms with van der Waals surface area (Å²) in [6, 6.07) is 6.25. The molecule has 25 heavy (non-hydrogen) atoms. The number of hydrogen-bond acceptors (Lipinski definition) is 3. The van der Waals surface area contributed by atoms with Crippen molar-refractivity contribution in [2.24, 2.45) is 0 Å². The summed E-state index contributed by atoms with van der Waals surface area (Å²) < 4.78 is 39.2. The zero-order valence-electron chi connectivity index (χ0n) is 13.2. The largest absolute Gasteiger partial charge is 0.436 e. The third-order valence-corrected chi connectivity index (χ3v) is 3.64. The highest BCUT2D eigenvalue weighted by Crippen LogP contribution is 2.35. The highest BCUT2D eigenvalue weighted by atomic mass is 35.5. The van der Waals surface area contributed by atoms with Gasteiger partial charge in [0.2, 0.25) is 11.8 Å². The van der Waals surface area contributed by atoms with E-state index >= 15 is 0 Å². The van der Waals surface area contributed by atoms with Crippen LogP contribution in [0.15, 0.2) is 24.3 Å². The van der Waals surface area contributed by atoms with E-state index in [0.29, 0.717) is 11.4 Å². The fourth-order valence-electron chi connectivity index (χ4n) is 2.04. The second kappa shape index (κ2) is 7.14. The lowest BCUT2D eigenvalue weighted by atomic mass is 10.2. The Hall–Kier alpha value is -2.55. The number of anilines is 2. The van der Waals surface area contributed by atoms with Gasteiger partial charge in [-0.15, -0.1) is 0 Å². The molecule has 0 spiro atoms. The van der Waals surface area contributed by atoms with E-state index in [1.54, 1.807) is 24.3 Å². The van der Waals surface area contributed by atoms with Crippen molar-refractivity contribution >= 4 is 34.8 Å². The second-order valence-electron chi connectivity index (χ2n) is 5.21. The molecule has 1 aromatic heterocycles. The van der Waals surface area contributed by atoms with Crippen molar-refractivity contribution in [2.75, 3.05) is 10.6 Å². The summed E-state index contributed by atoms with van der Waals surface area (Å²) in [6.45, 7) is 2.29. The van der Waals surface area contributed by atoms with E-state index in [9.17, 15) is 22.8 Å². The van der Waals surface area contributed by atoms with E-state index in [1.807, 2.05) is 0 Å². The summed E-state index contributed by atoms with van der Waals surface area (Å²) in [6.07, 6.45) is -4.69. The van der Waals surface area contributed by atoms with Gasteiger partial charge in [-0.2, -0.15) is 18.3 Å². The van der Waals surface area contributed by atoms with Crippen LogP contribution in [0.1, 0.15) is 18.3 Å². The molecule has 1 heterocycles. The van der Waals surface area contributed by atoms with E-state index in [2.05, 4.69) is 15.7 Å². The molecule has 2 N–H and O–H groups in total. The Labute approximate surface area is 146 Å². The summed E-state index contributed by atoms with van der Waals surface area (Å²) in [5.41, 5.74) is -0.203. The standard InChI is InChI=1S/C15H14ClF3N4O2/c1-8-13(16)14(15(17,18)19)22-23(8)7-12(25)21-11-5-3-10(4-6-11)20-9(2)24/h3-6H,7H2,1-2H3,(H,20,24)(H,21,25). The number of rotatable bonds is 4. The highest BCUT2D eigenvalue weighted by molar-refractivity contribution is 6.32. The van der Waals surface area contributed by atoms with E-state index in [0.717, 1.165) is 4.68 Å². The number of amides is 2. The van der Waals surface area contributed by atoms with Crippen molar-refractivity contribution in [2.45, 2.75) is 26.6 Å². The molecule has 2 aromatic rings. The van der Waals surface area contributed by atoms with Crippen LogP contribution in [0.5, 0.6) is 0 Å². The van der Waals surface area contributed by atoms with E-state index < -0.39 is 29.3 Å². The normalized spacial score (nSPS) is 11.3. The first kappa shape index (κ1) is 18.8. The first-order chi connectivity index (χ1) is 11.6. The van der Waals surface area contributed by atoms with Crippen LogP contribution in [0.2, 0.25) is 5.02 Å². The SMILES string of the molecule is CC(=O)Nc1ccc(NC(=O)Cn2nc(C(F)(F)F)c(Cl)c2C)cc1. The number of hydrogen-bond donors (Lipinski definition) is 2. The molecule has 0 radical (unpaired) electrons. The maximum absolute atomic E-state index is 12.8. The lowest BCUT2D eigenvalue weighted by molar-refractivity contribution is -0.141. The predicted molar refractivity (Wildman–Crippen MR) is 86.4 cm³/mol. The maximum Gasteiger partial charge on any atom is 0.436 e. The minimum absolute atomic E-state index is 0.0464. The molecule has 0 saturated carbocycles. The summed E-state index contributed by atoms with van der Waals surface area (Å²) in [7, 11) is 0. The third-order valence-electron chi connectivity index (χ3n) is 3.18. The first-order valence-electron chi connectivity index (χ1n) is 7.05. The Balaban J connectivity index is 2.07. The van der Waals surface area contributed by atoms with Crippen molar-refractivity contribution < 1.29 is 22.8 Å². The predicted octanol–water partition coefficient (Wildman–Crippen LogP) is 3.46. The van der Waals surface area contributed by atoms with Gasteiger partial charge in [0.25, 0.3) is 0 Å². The van der Waals surface area contributed by atoms with Crippen LogP contribution < -0.4 is 10.6 Å². The molecule has 134 valence electrons. The van der Waals surface area contributed by atoms with Gasteiger partial charge in [0.15, 0.2) is 5.69 Å². The van der Waals surface area contributed by atoms with Crippen LogP contribution in [-0.2, 0) is 22.3 Å². The average Bonchev–Trinajstić information content (AvgIpc) is 2.77. The van der Waals surface area contributed by atoms with E-state index in [-0.39, 0.29) is 11.6 Å². The van der Waals surface area contributed by atoms with Crippen molar-refractivity contribution in [1.29, 1.82) is 0 Å². The summed E-state index contributed by atoms with van der Waals surface area (Å²) >= 11 is 5.63. The minimum atomic E-state index is -4.69. The fourth-order valence-corrected chi connectivity index (χ4v) is 2.28. The number of halogens is 4. The monoisotopic (exact) mass is 374 g/mol. The van der Waals surface area contributed by atoms with Gasteiger partial charge >= 0.3 is 6.18 Å². The van der Waals surface area contributed by atoms with Crippen molar-refractivity contribution in [1.82, 2.24) is 9.78 Å². The van der Waals surface area contributed by atoms with Crippen LogP contribution in [0.4, 0.5) is 24.5 Å². The zero-order chi connectivity index (χ0) is 18.8. The number of alkyl halides is 3. The number of nitrogens with zero attached hydrogens (tertiary/aromatic N) is 2. The maximum atomic E-state index is 12.8. The smallest absolute Gasteiger partial charge is 0.326 e. The lowest BCUT2D eigenvalue weighted by Crippen LogP contribution is -2.20. The molecule has 0 aliphatic heterocycles. The van der Waals surface area contributed by atoms with Crippen molar-refractivity contribution in [3.63, 3.8) is 0 Å². The number of carbonyl (C=O) groups excluding carboxylic acids is 2.